The molecule has 132 valence electrons. The third-order valence-electron chi connectivity index (χ3n) is 6.73. The predicted octanol–water partition coefficient (Wildman–Crippen LogP) is 2.72. The molecular formula is C19H29N3O2. The van der Waals surface area contributed by atoms with Gasteiger partial charge < -0.3 is 14.2 Å². The van der Waals surface area contributed by atoms with E-state index in [-0.39, 0.29) is 5.91 Å². The second kappa shape index (κ2) is 6.51. The van der Waals surface area contributed by atoms with Crippen molar-refractivity contribution in [3.05, 3.63) is 18.2 Å². The summed E-state index contributed by atoms with van der Waals surface area (Å²) >= 11 is 0. The van der Waals surface area contributed by atoms with Gasteiger partial charge in [-0.3, -0.25) is 4.79 Å². The van der Waals surface area contributed by atoms with Crippen LogP contribution in [0, 0.1) is 23.7 Å². The lowest BCUT2D eigenvalue weighted by Gasteiger charge is -2.39. The summed E-state index contributed by atoms with van der Waals surface area (Å²) in [6.07, 6.45) is 11.2. The number of nitrogens with zero attached hydrogens (tertiary/aromatic N) is 3. The molecule has 5 atom stereocenters. The van der Waals surface area contributed by atoms with Crippen LogP contribution in [0.1, 0.15) is 49.0 Å². The molecule has 0 unspecified atom stereocenters. The summed E-state index contributed by atoms with van der Waals surface area (Å²) in [7, 11) is 3.64. The summed E-state index contributed by atoms with van der Waals surface area (Å²) in [5.74, 6) is 3.51. The van der Waals surface area contributed by atoms with E-state index in [1.165, 1.54) is 32.1 Å². The highest BCUT2D eigenvalue weighted by Crippen LogP contribution is 2.59. The van der Waals surface area contributed by atoms with E-state index in [9.17, 15) is 4.79 Å². The van der Waals surface area contributed by atoms with E-state index in [0.29, 0.717) is 18.3 Å². The Labute approximate surface area is 144 Å². The number of amides is 1. The van der Waals surface area contributed by atoms with Crippen LogP contribution in [0.5, 0.6) is 0 Å². The van der Waals surface area contributed by atoms with Crippen molar-refractivity contribution < 1.29 is 9.53 Å². The zero-order valence-corrected chi connectivity index (χ0v) is 14.9. The minimum Gasteiger partial charge on any atom is -0.385 e. The molecule has 3 aliphatic carbocycles. The van der Waals surface area contributed by atoms with Crippen LogP contribution < -0.4 is 0 Å². The molecular weight excluding hydrogens is 302 g/mol. The molecule has 0 N–H and O–H groups in total. The molecule has 0 spiro atoms. The number of hydrogen-bond donors (Lipinski definition) is 0. The largest absolute Gasteiger partial charge is 0.385 e. The van der Waals surface area contributed by atoms with Crippen molar-refractivity contribution in [2.75, 3.05) is 20.3 Å². The maximum absolute atomic E-state index is 13.1. The van der Waals surface area contributed by atoms with Crippen LogP contribution in [-0.2, 0) is 11.8 Å². The number of aryl methyl sites for hydroxylation is 1. The number of hydrogen-bond acceptors (Lipinski definition) is 3. The first-order valence-electron chi connectivity index (χ1n) is 9.47. The number of imidazole rings is 1. The normalized spacial score (nSPS) is 33.8. The van der Waals surface area contributed by atoms with Gasteiger partial charge in [0.05, 0.1) is 6.33 Å². The van der Waals surface area contributed by atoms with Gasteiger partial charge in [-0.2, -0.15) is 0 Å². The van der Waals surface area contributed by atoms with Gasteiger partial charge in [-0.1, -0.05) is 6.42 Å². The molecule has 4 rings (SSSR count). The Morgan fingerprint density at radius 2 is 2.17 bits per heavy atom. The van der Waals surface area contributed by atoms with Crippen molar-refractivity contribution in [3.8, 4) is 0 Å². The molecule has 1 aromatic rings. The molecule has 3 fully saturated rings. The summed E-state index contributed by atoms with van der Waals surface area (Å²) in [6.45, 7) is 1.49. The first-order chi connectivity index (χ1) is 11.7. The van der Waals surface area contributed by atoms with E-state index in [2.05, 4.69) is 9.88 Å². The topological polar surface area (TPSA) is 47.4 Å². The van der Waals surface area contributed by atoms with Gasteiger partial charge in [0.25, 0.3) is 5.91 Å². The number of ether oxygens (including phenoxy) is 1. The van der Waals surface area contributed by atoms with E-state index in [0.717, 1.165) is 36.6 Å². The molecule has 3 aliphatic rings. The van der Waals surface area contributed by atoms with Crippen molar-refractivity contribution in [3.63, 3.8) is 0 Å². The van der Waals surface area contributed by atoms with Gasteiger partial charge in [-0.05, 0) is 55.8 Å². The standard InChI is InChI=1S/C19H29N3O2/c1-21-11-17(20-12-21)19(23)22(7-4-8-24-2)18-10-13-9-16(18)15-6-3-5-14(13)15/h11-16,18H,3-10H2,1-2H3/t13-,14+,15-,16+,18-/m1/s1. The van der Waals surface area contributed by atoms with E-state index in [1.54, 1.807) is 13.4 Å². The number of rotatable bonds is 6. The summed E-state index contributed by atoms with van der Waals surface area (Å²) in [5, 5.41) is 0. The number of carbonyl (C=O) groups is 1. The molecule has 0 aromatic carbocycles. The van der Waals surface area contributed by atoms with E-state index in [1.807, 2.05) is 17.8 Å². The molecule has 1 heterocycles. The molecule has 3 saturated carbocycles. The molecule has 5 heteroatoms. The zero-order chi connectivity index (χ0) is 16.7. The molecule has 1 amide bonds. The van der Waals surface area contributed by atoms with E-state index in [4.69, 9.17) is 4.74 Å². The molecule has 0 radical (unpaired) electrons. The minimum atomic E-state index is 0.110. The maximum atomic E-state index is 13.1. The lowest BCUT2D eigenvalue weighted by molar-refractivity contribution is 0.0488. The number of fused-ring (bicyclic) bond motifs is 5. The fourth-order valence-corrected chi connectivity index (χ4v) is 5.86. The Morgan fingerprint density at radius 1 is 1.33 bits per heavy atom. The first kappa shape index (κ1) is 16.1. The van der Waals surface area contributed by atoms with Crippen molar-refractivity contribution >= 4 is 5.91 Å². The maximum Gasteiger partial charge on any atom is 0.274 e. The second-order valence-corrected chi connectivity index (χ2v) is 7.99. The van der Waals surface area contributed by atoms with E-state index < -0.39 is 0 Å². The van der Waals surface area contributed by atoms with Gasteiger partial charge in [-0.15, -0.1) is 0 Å². The first-order valence-corrected chi connectivity index (χ1v) is 9.47. The summed E-state index contributed by atoms with van der Waals surface area (Å²) < 4.78 is 7.07. The average Bonchev–Trinajstić information content (AvgIpc) is 3.31. The summed E-state index contributed by atoms with van der Waals surface area (Å²) in [5.41, 5.74) is 0.584. The highest BCUT2D eigenvalue weighted by molar-refractivity contribution is 5.92. The third-order valence-corrected chi connectivity index (χ3v) is 6.73. The van der Waals surface area contributed by atoms with E-state index >= 15 is 0 Å². The number of aromatic nitrogens is 2. The summed E-state index contributed by atoms with van der Waals surface area (Å²) in [6, 6.07) is 0.417. The van der Waals surface area contributed by atoms with Gasteiger partial charge >= 0.3 is 0 Å². The Hall–Kier alpha value is -1.36. The Morgan fingerprint density at radius 3 is 2.92 bits per heavy atom. The number of carbonyl (C=O) groups excluding carboxylic acids is 1. The van der Waals surface area contributed by atoms with Crippen LogP contribution in [0.25, 0.3) is 0 Å². The highest BCUT2D eigenvalue weighted by Gasteiger charge is 2.55. The lowest BCUT2D eigenvalue weighted by atomic mass is 9.78. The predicted molar refractivity (Wildman–Crippen MR) is 91.6 cm³/mol. The lowest BCUT2D eigenvalue weighted by Crippen LogP contribution is -2.47. The van der Waals surface area contributed by atoms with Crippen LogP contribution in [-0.4, -0.2) is 46.7 Å². The van der Waals surface area contributed by atoms with Gasteiger partial charge in [-0.25, -0.2) is 4.98 Å². The third kappa shape index (κ3) is 2.67. The Bertz CT molecular complexity index is 599. The fourth-order valence-electron chi connectivity index (χ4n) is 5.86. The monoisotopic (exact) mass is 331 g/mol. The van der Waals surface area contributed by atoms with Gasteiger partial charge in [0, 0.05) is 39.5 Å². The summed E-state index contributed by atoms with van der Waals surface area (Å²) in [4.78, 5) is 19.6. The smallest absolute Gasteiger partial charge is 0.274 e. The van der Waals surface area contributed by atoms with Gasteiger partial charge in [0.2, 0.25) is 0 Å². The highest BCUT2D eigenvalue weighted by atomic mass is 16.5. The van der Waals surface area contributed by atoms with Crippen molar-refractivity contribution in [1.82, 2.24) is 14.5 Å². The Kier molecular flexibility index (Phi) is 4.37. The molecule has 1 aromatic heterocycles. The van der Waals surface area contributed by atoms with Crippen LogP contribution in [0.2, 0.25) is 0 Å². The fraction of sp³-hybridized carbons (Fsp3) is 0.789. The van der Waals surface area contributed by atoms with Crippen LogP contribution in [0.4, 0.5) is 0 Å². The van der Waals surface area contributed by atoms with Gasteiger partial charge in [0.1, 0.15) is 5.69 Å². The van der Waals surface area contributed by atoms with Crippen molar-refractivity contribution in [1.29, 1.82) is 0 Å². The number of methoxy groups -OCH3 is 1. The zero-order valence-electron chi connectivity index (χ0n) is 14.9. The van der Waals surface area contributed by atoms with Gasteiger partial charge in [0.15, 0.2) is 0 Å². The van der Waals surface area contributed by atoms with Crippen LogP contribution in [0.3, 0.4) is 0 Å². The van der Waals surface area contributed by atoms with Crippen LogP contribution in [0.15, 0.2) is 12.5 Å². The molecule has 2 bridgehead atoms. The molecule has 0 aliphatic heterocycles. The Balaban J connectivity index is 1.53. The molecule has 5 nitrogen and oxygen atoms in total. The van der Waals surface area contributed by atoms with Crippen molar-refractivity contribution in [2.24, 2.45) is 30.7 Å². The SMILES string of the molecule is COCCCN(C(=O)c1cn(C)cn1)[C@@H]1C[C@H]2C[C@H]1[C@@H]1CCC[C@@H]21. The molecule has 0 saturated heterocycles. The second-order valence-electron chi connectivity index (χ2n) is 7.99. The average molecular weight is 331 g/mol. The van der Waals surface area contributed by atoms with Crippen LogP contribution >= 0.6 is 0 Å². The molecule has 24 heavy (non-hydrogen) atoms. The minimum absolute atomic E-state index is 0.110. The quantitative estimate of drug-likeness (QED) is 0.753. The van der Waals surface area contributed by atoms with Crippen molar-refractivity contribution in [2.45, 2.75) is 44.6 Å².